The monoisotopic (exact) mass is 526 g/mol. The maximum Gasteiger partial charge on any atom is 0.270 e. The first kappa shape index (κ1) is 26.6. The molecular weight excluding hydrogens is 490 g/mol. The number of benzene rings is 1. The molecule has 3 N–H and O–H groups in total. The van der Waals surface area contributed by atoms with Crippen LogP contribution >= 0.6 is 0 Å². The third-order valence-electron chi connectivity index (χ3n) is 8.28. The standard InChI is InChI=1S/C28H36F2N6O2/c1-18-12-24(33-34-26(18)22-6-5-19(13-23(22)37)27(2,29)30)32-21-4-3-9-35(16-21)17-25(38)36-10-7-28(8-11-36)14-20(31)15-28/h5-6,12-13,20,37H,3-4,7-11,14-17,31H2,1-2H3. The van der Waals surface area contributed by atoms with Crippen molar-refractivity contribution in [1.29, 1.82) is 0 Å². The molecule has 1 saturated carbocycles. The summed E-state index contributed by atoms with van der Waals surface area (Å²) in [7, 11) is 0. The van der Waals surface area contributed by atoms with Gasteiger partial charge in [-0.15, -0.1) is 10.2 Å². The molecule has 2 aliphatic heterocycles. The molecule has 3 aliphatic rings. The molecule has 5 rings (SSSR count). The lowest BCUT2D eigenvalue weighted by Gasteiger charge is -2.51. The van der Waals surface area contributed by atoms with Crippen LogP contribution in [0.15, 0.2) is 29.3 Å². The Labute approximate surface area is 221 Å². The van der Waals surface area contributed by atoms with E-state index < -0.39 is 5.92 Å². The van der Waals surface area contributed by atoms with Crippen LogP contribution in [0.5, 0.6) is 5.75 Å². The van der Waals surface area contributed by atoms with Crippen LogP contribution in [0.2, 0.25) is 0 Å². The Morgan fingerprint density at radius 3 is 2.58 bits per heavy atom. The number of carbonyl (C=O) groups is 1. The van der Waals surface area contributed by atoms with Gasteiger partial charge < -0.3 is 15.7 Å². The zero-order valence-electron chi connectivity index (χ0n) is 22.1. The van der Waals surface area contributed by atoms with Crippen molar-refractivity contribution in [2.75, 3.05) is 32.7 Å². The second kappa shape index (κ2) is 10.3. The highest BCUT2D eigenvalue weighted by Gasteiger charge is 2.44. The Bertz CT molecular complexity index is 1230. The fourth-order valence-electron chi connectivity index (χ4n) is 6.09. The average Bonchev–Trinajstić information content (AvgIpc) is 2.84. The van der Waals surface area contributed by atoms with Crippen LogP contribution in [0.25, 0.3) is 11.3 Å². The Balaban J connectivity index is 1.20. The van der Waals surface area contributed by atoms with Gasteiger partial charge in [0.05, 0.1) is 12.2 Å². The number of hydrogen-bond donors (Lipinski definition) is 2. The highest BCUT2D eigenvalue weighted by atomic mass is 19.3. The van der Waals surface area contributed by atoms with E-state index in [1.165, 1.54) is 12.1 Å². The molecule has 1 aliphatic carbocycles. The largest absolute Gasteiger partial charge is 0.507 e. The summed E-state index contributed by atoms with van der Waals surface area (Å²) in [5.74, 6) is -2.69. The summed E-state index contributed by atoms with van der Waals surface area (Å²) in [6.07, 6.45) is 6.04. The summed E-state index contributed by atoms with van der Waals surface area (Å²) in [5.41, 5.74) is 8.54. The fourth-order valence-corrected chi connectivity index (χ4v) is 6.09. The van der Waals surface area contributed by atoms with E-state index in [1.807, 2.05) is 11.8 Å². The van der Waals surface area contributed by atoms with Crippen molar-refractivity contribution < 1.29 is 18.7 Å². The minimum absolute atomic E-state index is 0.177. The van der Waals surface area contributed by atoms with Gasteiger partial charge in [0.2, 0.25) is 5.91 Å². The number of carbonyl (C=O) groups excluding carboxylic acids is 1. The van der Waals surface area contributed by atoms with E-state index in [4.69, 9.17) is 10.7 Å². The van der Waals surface area contributed by atoms with Crippen molar-refractivity contribution in [2.45, 2.75) is 64.3 Å². The molecule has 8 nitrogen and oxygen atoms in total. The van der Waals surface area contributed by atoms with Gasteiger partial charge in [0.25, 0.3) is 5.92 Å². The highest BCUT2D eigenvalue weighted by molar-refractivity contribution is 5.89. The zero-order valence-corrected chi connectivity index (χ0v) is 22.1. The number of aliphatic imine (C=N–C) groups is 1. The van der Waals surface area contributed by atoms with Crippen molar-refractivity contribution in [3.63, 3.8) is 0 Å². The third kappa shape index (κ3) is 5.71. The van der Waals surface area contributed by atoms with E-state index in [2.05, 4.69) is 15.1 Å². The van der Waals surface area contributed by atoms with Crippen LogP contribution < -0.4 is 5.73 Å². The second-order valence-electron chi connectivity index (χ2n) is 11.4. The summed E-state index contributed by atoms with van der Waals surface area (Å²) >= 11 is 0. The van der Waals surface area contributed by atoms with E-state index in [1.54, 1.807) is 6.07 Å². The number of hydrogen-bond acceptors (Lipinski definition) is 7. The number of likely N-dealkylation sites (tertiary alicyclic amines) is 2. The molecule has 3 fully saturated rings. The first-order valence-corrected chi connectivity index (χ1v) is 13.4. The first-order valence-electron chi connectivity index (χ1n) is 13.4. The van der Waals surface area contributed by atoms with Gasteiger partial charge in [-0.25, -0.2) is 13.8 Å². The molecular formula is C28H36F2N6O2. The number of nitrogens with two attached hydrogens (primary N) is 1. The summed E-state index contributed by atoms with van der Waals surface area (Å²) in [5, 5.41) is 18.8. The molecule has 3 heterocycles. The zero-order chi connectivity index (χ0) is 27.1. The predicted molar refractivity (Wildman–Crippen MR) is 142 cm³/mol. The van der Waals surface area contributed by atoms with Gasteiger partial charge >= 0.3 is 0 Å². The highest BCUT2D eigenvalue weighted by Crippen LogP contribution is 2.48. The number of aromatic hydroxyl groups is 1. The van der Waals surface area contributed by atoms with Crippen molar-refractivity contribution >= 4 is 17.4 Å². The molecule has 1 amide bonds. The van der Waals surface area contributed by atoms with Crippen molar-refractivity contribution in [1.82, 2.24) is 20.0 Å². The quantitative estimate of drug-likeness (QED) is 0.606. The van der Waals surface area contributed by atoms with Crippen LogP contribution in [0, 0.1) is 12.3 Å². The van der Waals surface area contributed by atoms with E-state index in [0.717, 1.165) is 82.4 Å². The Kier molecular flexibility index (Phi) is 7.21. The number of amides is 1. The van der Waals surface area contributed by atoms with E-state index in [-0.39, 0.29) is 17.2 Å². The van der Waals surface area contributed by atoms with Gasteiger partial charge in [-0.1, -0.05) is 6.07 Å². The van der Waals surface area contributed by atoms with E-state index >= 15 is 0 Å². The molecule has 0 bridgehead atoms. The van der Waals surface area contributed by atoms with Gasteiger partial charge in [-0.05, 0) is 81.2 Å². The summed E-state index contributed by atoms with van der Waals surface area (Å²) in [6, 6.07) is 5.89. The van der Waals surface area contributed by atoms with Crippen LogP contribution in [0.3, 0.4) is 0 Å². The van der Waals surface area contributed by atoms with Gasteiger partial charge in [0.1, 0.15) is 5.75 Å². The molecule has 1 aromatic heterocycles. The van der Waals surface area contributed by atoms with E-state index in [0.29, 0.717) is 41.6 Å². The Morgan fingerprint density at radius 2 is 1.95 bits per heavy atom. The number of nitrogens with zero attached hydrogens (tertiary/aromatic N) is 5. The number of rotatable bonds is 5. The Hall–Kier alpha value is -2.98. The number of phenols is 1. The second-order valence-corrected chi connectivity index (χ2v) is 11.4. The predicted octanol–water partition coefficient (Wildman–Crippen LogP) is 4.17. The maximum absolute atomic E-state index is 13.6. The smallest absolute Gasteiger partial charge is 0.270 e. The van der Waals surface area contributed by atoms with Crippen LogP contribution in [0.1, 0.15) is 56.6 Å². The molecule has 1 aromatic carbocycles. The molecule has 2 aromatic rings. The lowest BCUT2D eigenvalue weighted by molar-refractivity contribution is -0.135. The minimum atomic E-state index is -3.05. The summed E-state index contributed by atoms with van der Waals surface area (Å²) < 4.78 is 27.2. The summed E-state index contributed by atoms with van der Waals surface area (Å²) in [4.78, 5) is 21.8. The van der Waals surface area contributed by atoms with Crippen LogP contribution in [0.4, 0.5) is 14.6 Å². The topological polar surface area (TPSA) is 108 Å². The van der Waals surface area contributed by atoms with Gasteiger partial charge in [-0.2, -0.15) is 0 Å². The molecule has 10 heteroatoms. The number of phenolic OH excluding ortho intramolecular Hbond substituents is 1. The number of halogens is 2. The average molecular weight is 527 g/mol. The molecule has 0 unspecified atom stereocenters. The van der Waals surface area contributed by atoms with Gasteiger partial charge in [0.15, 0.2) is 5.82 Å². The molecule has 0 atom stereocenters. The van der Waals surface area contributed by atoms with Crippen molar-refractivity contribution in [2.24, 2.45) is 16.1 Å². The van der Waals surface area contributed by atoms with Crippen molar-refractivity contribution in [3.8, 4) is 17.0 Å². The Morgan fingerprint density at radius 1 is 1.21 bits per heavy atom. The molecule has 0 radical (unpaired) electrons. The number of aromatic nitrogens is 2. The van der Waals surface area contributed by atoms with Crippen molar-refractivity contribution in [3.05, 3.63) is 35.4 Å². The molecule has 1 spiro atoms. The lowest BCUT2D eigenvalue weighted by atomic mass is 9.61. The first-order chi connectivity index (χ1) is 18.0. The van der Waals surface area contributed by atoms with Gasteiger partial charge in [0, 0.05) is 49.4 Å². The summed E-state index contributed by atoms with van der Waals surface area (Å²) in [6.45, 7) is 6.10. The number of aryl methyl sites for hydroxylation is 1. The van der Waals surface area contributed by atoms with Crippen LogP contribution in [-0.4, -0.2) is 75.5 Å². The van der Waals surface area contributed by atoms with Gasteiger partial charge in [-0.3, -0.25) is 9.69 Å². The number of piperidine rings is 2. The minimum Gasteiger partial charge on any atom is -0.507 e. The third-order valence-corrected chi connectivity index (χ3v) is 8.28. The molecule has 38 heavy (non-hydrogen) atoms. The lowest BCUT2D eigenvalue weighted by Crippen LogP contribution is -2.54. The maximum atomic E-state index is 13.6. The fraction of sp³-hybridized carbons (Fsp3) is 0.571. The molecule has 204 valence electrons. The SMILES string of the molecule is Cc1cc(N=C2CCCN(CC(=O)N3CCC4(CC3)CC(N)C4)C2)nnc1-c1ccc(C(C)(F)F)cc1O. The van der Waals surface area contributed by atoms with Crippen LogP contribution in [-0.2, 0) is 10.7 Å². The molecule has 2 saturated heterocycles. The number of alkyl halides is 2. The normalized spacial score (nSPS) is 21.6. The van der Waals surface area contributed by atoms with E-state index in [9.17, 15) is 18.7 Å².